The smallest absolute Gasteiger partial charge is 0.287 e. The number of fused-ring (bicyclic) bond motifs is 1. The van der Waals surface area contributed by atoms with E-state index >= 15 is 0 Å². The topological polar surface area (TPSA) is 141 Å². The summed E-state index contributed by atoms with van der Waals surface area (Å²) in [5.41, 5.74) is 2.70. The summed E-state index contributed by atoms with van der Waals surface area (Å²) in [5, 5.41) is 3.44. The second-order valence-electron chi connectivity index (χ2n) is 12.6. The Bertz CT molecular complexity index is 2100. The van der Waals surface area contributed by atoms with Crippen LogP contribution >= 0.6 is 11.6 Å². The number of hydrogen-bond donors (Lipinski definition) is 1. The van der Waals surface area contributed by atoms with Crippen molar-refractivity contribution in [2.75, 3.05) is 55.2 Å². The fourth-order valence-corrected chi connectivity index (χ4v) is 6.97. The number of sulfonamides is 1. The van der Waals surface area contributed by atoms with Crippen molar-refractivity contribution < 1.29 is 27.2 Å². The molecule has 12 nitrogen and oxygen atoms in total. The maximum Gasteiger partial charge on any atom is 0.287 e. The monoisotopic (exact) mass is 719 g/mol. The third kappa shape index (κ3) is 7.79. The third-order valence-electron chi connectivity index (χ3n) is 9.21. The zero-order chi connectivity index (χ0) is 35.6. The first-order valence-corrected chi connectivity index (χ1v) is 18.6. The molecule has 2 saturated heterocycles. The minimum absolute atomic E-state index is 0.0966. The Labute approximate surface area is 295 Å². The molecule has 1 atom stereocenters. The number of carbonyl (C=O) groups excluding carboxylic acids is 3. The standard InChI is InChI=1S/C36H38ClN5O7S/c1-39(50(2,47)48)27-13-14-32-28(21-27)31(43)22-33(49-32)35(45)38-29(20-24-9-11-26(37)12-10-24)36(46)41-18-16-40(17-19-41)30-7-4-3-6-25(30)23-42-15-5-8-34(42)44/h3-4,6-7,9-14,21-22,29H,5,8,15-20,23H2,1-2H3,(H,38,45)/t29-/m1/s1. The number of benzene rings is 3. The summed E-state index contributed by atoms with van der Waals surface area (Å²) >= 11 is 6.10. The highest BCUT2D eigenvalue weighted by atomic mass is 35.5. The molecule has 0 unspecified atom stereocenters. The second-order valence-corrected chi connectivity index (χ2v) is 15.1. The van der Waals surface area contributed by atoms with E-state index in [1.54, 1.807) is 29.2 Å². The molecule has 262 valence electrons. The van der Waals surface area contributed by atoms with Crippen molar-refractivity contribution in [3.05, 3.63) is 105 Å². The number of amides is 3. The number of likely N-dealkylation sites (tertiary alicyclic amines) is 1. The molecule has 2 aliphatic heterocycles. The summed E-state index contributed by atoms with van der Waals surface area (Å²) in [4.78, 5) is 58.8. The van der Waals surface area contributed by atoms with E-state index in [1.807, 2.05) is 29.2 Å². The number of carbonyl (C=O) groups is 3. The average Bonchev–Trinajstić information content (AvgIpc) is 3.51. The van der Waals surface area contributed by atoms with Crippen LogP contribution in [0.1, 0.15) is 34.5 Å². The van der Waals surface area contributed by atoms with Crippen molar-refractivity contribution in [1.82, 2.24) is 15.1 Å². The van der Waals surface area contributed by atoms with Crippen LogP contribution in [0.3, 0.4) is 0 Å². The largest absolute Gasteiger partial charge is 0.451 e. The predicted molar refractivity (Wildman–Crippen MR) is 192 cm³/mol. The van der Waals surface area contributed by atoms with Crippen LogP contribution in [0.2, 0.25) is 5.02 Å². The SMILES string of the molecule is CN(c1ccc2oc(C(=O)N[C@H](Cc3ccc(Cl)cc3)C(=O)N3CCN(c4ccccc4CN4CCCC4=O)CC3)cc(=O)c2c1)S(C)(=O)=O. The first kappa shape index (κ1) is 35.0. The summed E-state index contributed by atoms with van der Waals surface area (Å²) in [6, 6.07) is 19.4. The fourth-order valence-electron chi connectivity index (χ4n) is 6.35. The van der Waals surface area contributed by atoms with Crippen LogP contribution in [-0.2, 0) is 32.6 Å². The molecule has 0 aliphatic carbocycles. The molecule has 6 rings (SSSR count). The molecular formula is C36H38ClN5O7S. The molecule has 2 fully saturated rings. The molecule has 1 aromatic heterocycles. The van der Waals surface area contributed by atoms with Gasteiger partial charge in [0.1, 0.15) is 11.6 Å². The lowest BCUT2D eigenvalue weighted by atomic mass is 10.0. The van der Waals surface area contributed by atoms with Crippen molar-refractivity contribution >= 4 is 61.7 Å². The minimum atomic E-state index is -3.57. The van der Waals surface area contributed by atoms with E-state index in [0.717, 1.165) is 46.4 Å². The Kier molecular flexibility index (Phi) is 10.2. The molecule has 14 heteroatoms. The van der Waals surface area contributed by atoms with Gasteiger partial charge in [-0.2, -0.15) is 0 Å². The molecule has 2 aliphatic rings. The fraction of sp³-hybridized carbons (Fsp3) is 0.333. The van der Waals surface area contributed by atoms with Gasteiger partial charge in [-0.25, -0.2) is 8.42 Å². The summed E-state index contributed by atoms with van der Waals surface area (Å²) in [6.45, 7) is 3.26. The van der Waals surface area contributed by atoms with Gasteiger partial charge in [0.2, 0.25) is 21.8 Å². The lowest BCUT2D eigenvalue weighted by molar-refractivity contribution is -0.133. The normalized spacial score (nSPS) is 15.7. The lowest BCUT2D eigenvalue weighted by Gasteiger charge is -2.38. The average molecular weight is 720 g/mol. The van der Waals surface area contributed by atoms with Crippen LogP contribution in [0.25, 0.3) is 11.0 Å². The molecule has 0 radical (unpaired) electrons. The zero-order valence-electron chi connectivity index (χ0n) is 27.8. The summed E-state index contributed by atoms with van der Waals surface area (Å²) in [7, 11) is -2.20. The minimum Gasteiger partial charge on any atom is -0.451 e. The van der Waals surface area contributed by atoms with Gasteiger partial charge in [-0.05, 0) is 53.9 Å². The van der Waals surface area contributed by atoms with Gasteiger partial charge in [0.05, 0.1) is 17.3 Å². The van der Waals surface area contributed by atoms with E-state index in [2.05, 4.69) is 10.2 Å². The Morgan fingerprint density at radius 3 is 2.36 bits per heavy atom. The number of nitrogens with one attached hydrogen (secondary N) is 1. The van der Waals surface area contributed by atoms with E-state index in [9.17, 15) is 27.6 Å². The molecule has 1 N–H and O–H groups in total. The van der Waals surface area contributed by atoms with Crippen LogP contribution in [-0.4, -0.2) is 88.0 Å². The van der Waals surface area contributed by atoms with Gasteiger partial charge in [0.25, 0.3) is 5.91 Å². The van der Waals surface area contributed by atoms with Crippen molar-refractivity contribution in [3.8, 4) is 0 Å². The number of nitrogens with zero attached hydrogens (tertiary/aromatic N) is 4. The quantitative estimate of drug-likeness (QED) is 0.262. The van der Waals surface area contributed by atoms with Gasteiger partial charge in [-0.1, -0.05) is 41.9 Å². The number of hydrogen-bond acceptors (Lipinski definition) is 8. The van der Waals surface area contributed by atoms with Crippen molar-refractivity contribution in [2.24, 2.45) is 0 Å². The van der Waals surface area contributed by atoms with Crippen LogP contribution in [0.4, 0.5) is 11.4 Å². The Morgan fingerprint density at radius 2 is 1.68 bits per heavy atom. The highest BCUT2D eigenvalue weighted by Crippen LogP contribution is 2.26. The van der Waals surface area contributed by atoms with E-state index in [0.29, 0.717) is 44.2 Å². The van der Waals surface area contributed by atoms with Gasteiger partial charge < -0.3 is 24.4 Å². The van der Waals surface area contributed by atoms with Gasteiger partial charge in [0.15, 0.2) is 11.2 Å². The first-order chi connectivity index (χ1) is 23.9. The highest BCUT2D eigenvalue weighted by molar-refractivity contribution is 7.92. The molecule has 3 aromatic carbocycles. The molecule has 0 spiro atoms. The maximum atomic E-state index is 14.1. The Morgan fingerprint density at radius 1 is 0.960 bits per heavy atom. The van der Waals surface area contributed by atoms with Crippen LogP contribution in [0.5, 0.6) is 0 Å². The summed E-state index contributed by atoms with van der Waals surface area (Å²) in [6.07, 6.45) is 2.67. The zero-order valence-corrected chi connectivity index (χ0v) is 29.4. The van der Waals surface area contributed by atoms with Crippen molar-refractivity contribution in [3.63, 3.8) is 0 Å². The van der Waals surface area contributed by atoms with Crippen LogP contribution in [0, 0.1) is 0 Å². The lowest BCUT2D eigenvalue weighted by Crippen LogP contribution is -2.55. The predicted octanol–water partition coefficient (Wildman–Crippen LogP) is 3.65. The van der Waals surface area contributed by atoms with E-state index < -0.39 is 27.4 Å². The summed E-state index contributed by atoms with van der Waals surface area (Å²) in [5.74, 6) is -1.13. The third-order valence-corrected chi connectivity index (χ3v) is 10.7. The Balaban J connectivity index is 1.19. The number of piperazine rings is 1. The van der Waals surface area contributed by atoms with E-state index in [1.165, 1.54) is 25.2 Å². The van der Waals surface area contributed by atoms with Crippen molar-refractivity contribution in [2.45, 2.75) is 31.8 Å². The Hall–Kier alpha value is -4.88. The van der Waals surface area contributed by atoms with Gasteiger partial charge >= 0.3 is 0 Å². The number of halogens is 1. The highest BCUT2D eigenvalue weighted by Gasteiger charge is 2.31. The molecule has 3 amide bonds. The van der Waals surface area contributed by atoms with E-state index in [-0.39, 0.29) is 40.7 Å². The summed E-state index contributed by atoms with van der Waals surface area (Å²) < 4.78 is 30.8. The maximum absolute atomic E-state index is 14.1. The van der Waals surface area contributed by atoms with Crippen molar-refractivity contribution in [1.29, 1.82) is 0 Å². The van der Waals surface area contributed by atoms with Gasteiger partial charge in [-0.3, -0.25) is 23.5 Å². The second kappa shape index (κ2) is 14.5. The first-order valence-electron chi connectivity index (χ1n) is 16.3. The molecule has 0 bridgehead atoms. The molecule has 3 heterocycles. The van der Waals surface area contributed by atoms with Crippen LogP contribution < -0.4 is 20.0 Å². The number of anilines is 2. The molecule has 4 aromatic rings. The van der Waals surface area contributed by atoms with E-state index in [4.69, 9.17) is 16.0 Å². The molecular weight excluding hydrogens is 682 g/mol. The number of para-hydroxylation sites is 1. The number of rotatable bonds is 10. The molecule has 0 saturated carbocycles. The van der Waals surface area contributed by atoms with Gasteiger partial charge in [-0.15, -0.1) is 0 Å². The van der Waals surface area contributed by atoms with Gasteiger partial charge in [0, 0.05) is 75.9 Å². The molecule has 50 heavy (non-hydrogen) atoms. The van der Waals surface area contributed by atoms with Crippen LogP contribution in [0.15, 0.2) is 82.0 Å².